The lowest BCUT2D eigenvalue weighted by Gasteiger charge is -2.17. The summed E-state index contributed by atoms with van der Waals surface area (Å²) in [6.45, 7) is 6.01. The lowest BCUT2D eigenvalue weighted by atomic mass is 10.1. The quantitative estimate of drug-likeness (QED) is 0.511. The van der Waals surface area contributed by atoms with Crippen LogP contribution >= 0.6 is 11.8 Å². The van der Waals surface area contributed by atoms with Gasteiger partial charge in [-0.3, -0.25) is 4.79 Å². The normalized spacial score (nSPS) is 12.8. The number of hydrogen-bond donors (Lipinski definition) is 1. The van der Waals surface area contributed by atoms with Gasteiger partial charge in [-0.05, 0) is 12.8 Å². The molecule has 1 unspecified atom stereocenters. The zero-order chi connectivity index (χ0) is 15.6. The molecule has 0 aliphatic rings. The number of nitrogens with zero attached hydrogens (tertiary/aromatic N) is 4. The van der Waals surface area contributed by atoms with Crippen LogP contribution in [-0.2, 0) is 16.6 Å². The molecule has 8 heteroatoms. The second kappa shape index (κ2) is 6.30. The van der Waals surface area contributed by atoms with E-state index in [1.54, 1.807) is 14.0 Å². The largest absolute Gasteiger partial charge is 0.492 e. The van der Waals surface area contributed by atoms with Crippen LogP contribution in [0.15, 0.2) is 11.4 Å². The lowest BCUT2D eigenvalue weighted by molar-refractivity contribution is -0.143. The minimum atomic E-state index is -0.382. The highest BCUT2D eigenvalue weighted by molar-refractivity contribution is 8.00. The maximum Gasteiger partial charge on any atom is 0.319 e. The number of aryl methyl sites for hydroxylation is 1. The van der Waals surface area contributed by atoms with Gasteiger partial charge in [0, 0.05) is 7.05 Å². The molecule has 2 rings (SSSR count). The minimum absolute atomic E-state index is 0.0218. The number of rotatable bonds is 5. The van der Waals surface area contributed by atoms with E-state index in [-0.39, 0.29) is 23.0 Å². The number of hydrogen-bond acceptors (Lipinski definition) is 7. The molecule has 2 aromatic heterocycles. The molecule has 0 amide bonds. The summed E-state index contributed by atoms with van der Waals surface area (Å²) < 4.78 is 6.43. The van der Waals surface area contributed by atoms with E-state index in [4.69, 9.17) is 4.74 Å². The van der Waals surface area contributed by atoms with E-state index in [1.807, 2.05) is 13.8 Å². The van der Waals surface area contributed by atoms with Gasteiger partial charge >= 0.3 is 5.97 Å². The molecule has 7 nitrogen and oxygen atoms in total. The first-order chi connectivity index (χ1) is 9.95. The summed E-state index contributed by atoms with van der Waals surface area (Å²) in [5, 5.41) is 14.2. The molecule has 1 atom stereocenters. The first-order valence-corrected chi connectivity index (χ1v) is 7.53. The molecule has 2 aromatic rings. The van der Waals surface area contributed by atoms with E-state index in [2.05, 4.69) is 15.1 Å². The van der Waals surface area contributed by atoms with Crippen LogP contribution in [0.5, 0.6) is 5.88 Å². The summed E-state index contributed by atoms with van der Waals surface area (Å²) in [6, 6.07) is 0. The monoisotopic (exact) mass is 310 g/mol. The van der Waals surface area contributed by atoms with Crippen molar-refractivity contribution in [2.24, 2.45) is 13.0 Å². The van der Waals surface area contributed by atoms with Gasteiger partial charge in [0.25, 0.3) is 0 Å². The molecular weight excluding hydrogens is 292 g/mol. The predicted octanol–water partition coefficient (Wildman–Crippen LogP) is 1.75. The number of thioether (sulfide) groups is 1. The van der Waals surface area contributed by atoms with Crippen LogP contribution in [0.3, 0.4) is 0 Å². The number of ether oxygens (including phenoxy) is 1. The van der Waals surface area contributed by atoms with E-state index in [0.717, 1.165) is 0 Å². The molecule has 0 aliphatic heterocycles. The first kappa shape index (κ1) is 15.6. The summed E-state index contributed by atoms with van der Waals surface area (Å²) in [5.41, 5.74) is 0.860. The highest BCUT2D eigenvalue weighted by Gasteiger charge is 2.27. The summed E-state index contributed by atoms with van der Waals surface area (Å²) >= 11 is 1.28. The van der Waals surface area contributed by atoms with E-state index < -0.39 is 0 Å². The fourth-order valence-electron chi connectivity index (χ4n) is 1.85. The molecule has 0 bridgehead atoms. The molecule has 0 aliphatic carbocycles. The van der Waals surface area contributed by atoms with Gasteiger partial charge in [0.15, 0.2) is 5.52 Å². The molecule has 2 heterocycles. The molecule has 21 heavy (non-hydrogen) atoms. The van der Waals surface area contributed by atoms with Crippen LogP contribution in [0, 0.1) is 5.92 Å². The van der Waals surface area contributed by atoms with E-state index in [1.165, 1.54) is 22.8 Å². The molecule has 0 saturated heterocycles. The second-order valence-corrected chi connectivity index (χ2v) is 5.99. The third-order valence-electron chi connectivity index (χ3n) is 2.92. The zero-order valence-electron chi connectivity index (χ0n) is 12.4. The van der Waals surface area contributed by atoms with Crippen LogP contribution < -0.4 is 0 Å². The Morgan fingerprint density at radius 3 is 2.76 bits per heavy atom. The Balaban J connectivity index is 2.37. The Labute approximate surface area is 126 Å². The Morgan fingerprint density at radius 2 is 2.14 bits per heavy atom. The van der Waals surface area contributed by atoms with Crippen molar-refractivity contribution in [1.29, 1.82) is 0 Å². The summed E-state index contributed by atoms with van der Waals surface area (Å²) in [4.78, 5) is 20.2. The number of fused-ring (bicyclic) bond motifs is 1. The van der Waals surface area contributed by atoms with Gasteiger partial charge in [0.1, 0.15) is 22.1 Å². The Hall–Kier alpha value is -1.83. The topological polar surface area (TPSA) is 90.1 Å². The van der Waals surface area contributed by atoms with Crippen LogP contribution in [0.1, 0.15) is 20.8 Å². The number of aromatic hydroxyl groups is 1. The molecular formula is C13H18N4O3S. The van der Waals surface area contributed by atoms with Crippen molar-refractivity contribution in [2.45, 2.75) is 31.0 Å². The summed E-state index contributed by atoms with van der Waals surface area (Å²) in [5.74, 6) is -0.215. The van der Waals surface area contributed by atoms with Crippen molar-refractivity contribution >= 4 is 28.8 Å². The van der Waals surface area contributed by atoms with Crippen LogP contribution in [-0.4, -0.2) is 42.7 Å². The lowest BCUT2D eigenvalue weighted by Crippen LogP contribution is -2.25. The average Bonchev–Trinajstić information content (AvgIpc) is 2.72. The number of carbonyl (C=O) groups is 1. The maximum atomic E-state index is 12.0. The van der Waals surface area contributed by atoms with Crippen molar-refractivity contribution in [3.8, 4) is 5.88 Å². The first-order valence-electron chi connectivity index (χ1n) is 6.65. The molecule has 114 valence electrons. The smallest absolute Gasteiger partial charge is 0.319 e. The average molecular weight is 310 g/mol. The van der Waals surface area contributed by atoms with Crippen molar-refractivity contribution in [3.05, 3.63) is 6.33 Å². The standard InChI is InChI=1S/C13H18N4O3S/c1-5-20-13(19)10(7(2)3)21-11-8-9(14-6-15-11)12(18)17(4)16-8/h6-7,10,18H,5H2,1-4H3. The van der Waals surface area contributed by atoms with Gasteiger partial charge in [-0.2, -0.15) is 5.10 Å². The maximum absolute atomic E-state index is 12.0. The zero-order valence-corrected chi connectivity index (χ0v) is 13.2. The fraction of sp³-hybridized carbons (Fsp3) is 0.538. The van der Waals surface area contributed by atoms with Crippen LogP contribution in [0.25, 0.3) is 11.0 Å². The van der Waals surface area contributed by atoms with Crippen molar-refractivity contribution in [1.82, 2.24) is 19.7 Å². The second-order valence-electron chi connectivity index (χ2n) is 4.86. The van der Waals surface area contributed by atoms with Crippen molar-refractivity contribution < 1.29 is 14.6 Å². The Bertz CT molecular complexity index is 656. The Morgan fingerprint density at radius 1 is 1.43 bits per heavy atom. The third-order valence-corrected chi connectivity index (χ3v) is 4.43. The van der Waals surface area contributed by atoms with Gasteiger partial charge in [-0.15, -0.1) is 0 Å². The van der Waals surface area contributed by atoms with Gasteiger partial charge in [-0.25, -0.2) is 14.6 Å². The Kier molecular flexibility index (Phi) is 4.66. The van der Waals surface area contributed by atoms with Gasteiger partial charge in [0.2, 0.25) is 5.88 Å². The number of aromatic nitrogens is 4. The van der Waals surface area contributed by atoms with Crippen molar-refractivity contribution in [3.63, 3.8) is 0 Å². The predicted molar refractivity (Wildman–Crippen MR) is 79.1 cm³/mol. The summed E-state index contributed by atoms with van der Waals surface area (Å²) in [7, 11) is 1.62. The molecule has 1 N–H and O–H groups in total. The van der Waals surface area contributed by atoms with Gasteiger partial charge in [-0.1, -0.05) is 25.6 Å². The molecule has 0 saturated carbocycles. The SMILES string of the molecule is CCOC(=O)C(Sc1ncnc2c(O)n(C)nc12)C(C)C. The molecule has 0 spiro atoms. The van der Waals surface area contributed by atoms with E-state index in [9.17, 15) is 9.90 Å². The highest BCUT2D eigenvalue weighted by atomic mass is 32.2. The van der Waals surface area contributed by atoms with Crippen LogP contribution in [0.2, 0.25) is 0 Å². The summed E-state index contributed by atoms with van der Waals surface area (Å²) in [6.07, 6.45) is 1.36. The molecule has 0 radical (unpaired) electrons. The number of carbonyl (C=O) groups excluding carboxylic acids is 1. The third kappa shape index (κ3) is 3.10. The highest BCUT2D eigenvalue weighted by Crippen LogP contribution is 2.33. The van der Waals surface area contributed by atoms with Crippen molar-refractivity contribution in [2.75, 3.05) is 6.61 Å². The van der Waals surface area contributed by atoms with E-state index in [0.29, 0.717) is 22.7 Å². The van der Waals surface area contributed by atoms with Crippen LogP contribution in [0.4, 0.5) is 0 Å². The van der Waals surface area contributed by atoms with Gasteiger partial charge in [0.05, 0.1) is 6.61 Å². The molecule has 0 fully saturated rings. The molecule has 0 aromatic carbocycles. The fourth-order valence-corrected chi connectivity index (χ4v) is 2.89. The van der Waals surface area contributed by atoms with Gasteiger partial charge < -0.3 is 9.84 Å². The number of esters is 1. The van der Waals surface area contributed by atoms with E-state index >= 15 is 0 Å². The minimum Gasteiger partial charge on any atom is -0.492 e.